The Bertz CT molecular complexity index is 613. The lowest BCUT2D eigenvalue weighted by Gasteiger charge is -2.20. The number of ether oxygens (including phenoxy) is 2. The molecule has 4 nitrogen and oxygen atoms in total. The third-order valence-corrected chi connectivity index (χ3v) is 3.71. The Morgan fingerprint density at radius 1 is 1.05 bits per heavy atom. The summed E-state index contributed by atoms with van der Waals surface area (Å²) in [4.78, 5) is 0. The van der Waals surface area contributed by atoms with Gasteiger partial charge in [-0.15, -0.1) is 0 Å². The zero-order valence-corrected chi connectivity index (χ0v) is 12.3. The van der Waals surface area contributed by atoms with Gasteiger partial charge in [0.25, 0.3) is 0 Å². The number of hydrogen-bond donors (Lipinski definition) is 2. The molecule has 0 aliphatic carbocycles. The number of halogens is 1. The summed E-state index contributed by atoms with van der Waals surface area (Å²) >= 11 is 3.52. The molecule has 1 heterocycles. The standard InChI is InChI=1S/C15H14BrNO3/c16-12-7-14-15(20-6-5-19-14)8-13(12)17-9-10-1-3-11(18)4-2-10/h1-4,7-8,17-18H,5-6,9H2. The molecule has 3 rings (SSSR count). The maximum atomic E-state index is 9.26. The van der Waals surface area contributed by atoms with Crippen LogP contribution in [0.5, 0.6) is 17.2 Å². The van der Waals surface area contributed by atoms with Gasteiger partial charge in [-0.05, 0) is 33.6 Å². The summed E-state index contributed by atoms with van der Waals surface area (Å²) in [5.41, 5.74) is 2.03. The average molecular weight is 336 g/mol. The van der Waals surface area contributed by atoms with Crippen LogP contribution < -0.4 is 14.8 Å². The van der Waals surface area contributed by atoms with Crippen LogP contribution >= 0.6 is 15.9 Å². The van der Waals surface area contributed by atoms with Crippen molar-refractivity contribution in [3.05, 3.63) is 46.4 Å². The van der Waals surface area contributed by atoms with Crippen LogP contribution in [0, 0.1) is 0 Å². The molecule has 0 bridgehead atoms. The molecule has 1 aliphatic rings. The number of rotatable bonds is 3. The minimum Gasteiger partial charge on any atom is -0.508 e. The summed E-state index contributed by atoms with van der Waals surface area (Å²) in [5.74, 6) is 1.79. The molecule has 0 fully saturated rings. The highest BCUT2D eigenvalue weighted by Gasteiger charge is 2.14. The van der Waals surface area contributed by atoms with E-state index in [9.17, 15) is 5.11 Å². The van der Waals surface area contributed by atoms with Crippen molar-refractivity contribution in [1.29, 1.82) is 0 Å². The van der Waals surface area contributed by atoms with E-state index in [1.54, 1.807) is 12.1 Å². The smallest absolute Gasteiger partial charge is 0.163 e. The summed E-state index contributed by atoms with van der Waals surface area (Å²) < 4.78 is 12.0. The number of anilines is 1. The first kappa shape index (κ1) is 13.1. The molecule has 5 heteroatoms. The second-order valence-electron chi connectivity index (χ2n) is 4.50. The van der Waals surface area contributed by atoms with Crippen molar-refractivity contribution in [1.82, 2.24) is 0 Å². The number of fused-ring (bicyclic) bond motifs is 1. The van der Waals surface area contributed by atoms with Crippen molar-refractivity contribution >= 4 is 21.6 Å². The summed E-state index contributed by atoms with van der Waals surface area (Å²) in [5, 5.41) is 12.6. The van der Waals surface area contributed by atoms with Crippen LogP contribution in [-0.4, -0.2) is 18.3 Å². The van der Waals surface area contributed by atoms with Crippen molar-refractivity contribution < 1.29 is 14.6 Å². The van der Waals surface area contributed by atoms with E-state index in [1.807, 2.05) is 24.3 Å². The maximum Gasteiger partial charge on any atom is 0.163 e. The van der Waals surface area contributed by atoms with Crippen molar-refractivity contribution in [3.8, 4) is 17.2 Å². The number of hydrogen-bond acceptors (Lipinski definition) is 4. The van der Waals surface area contributed by atoms with Crippen LogP contribution in [0.25, 0.3) is 0 Å². The lowest BCUT2D eigenvalue weighted by Crippen LogP contribution is -2.15. The molecule has 20 heavy (non-hydrogen) atoms. The fraction of sp³-hybridized carbons (Fsp3) is 0.200. The highest BCUT2D eigenvalue weighted by atomic mass is 79.9. The van der Waals surface area contributed by atoms with Crippen LogP contribution in [0.1, 0.15) is 5.56 Å². The second kappa shape index (κ2) is 5.63. The van der Waals surface area contributed by atoms with Gasteiger partial charge in [0.2, 0.25) is 0 Å². The van der Waals surface area contributed by atoms with Crippen LogP contribution in [0.3, 0.4) is 0 Å². The fourth-order valence-corrected chi connectivity index (χ4v) is 2.47. The van der Waals surface area contributed by atoms with Crippen LogP contribution in [-0.2, 0) is 6.54 Å². The first-order chi connectivity index (χ1) is 9.72. The molecule has 0 saturated heterocycles. The van der Waals surface area contributed by atoms with E-state index in [0.717, 1.165) is 27.2 Å². The highest BCUT2D eigenvalue weighted by molar-refractivity contribution is 9.10. The van der Waals surface area contributed by atoms with Gasteiger partial charge in [0.05, 0.1) is 5.69 Å². The van der Waals surface area contributed by atoms with Crippen molar-refractivity contribution in [2.75, 3.05) is 18.5 Å². The van der Waals surface area contributed by atoms with E-state index in [4.69, 9.17) is 9.47 Å². The van der Waals surface area contributed by atoms with E-state index in [-0.39, 0.29) is 5.75 Å². The zero-order valence-electron chi connectivity index (χ0n) is 10.7. The molecule has 0 radical (unpaired) electrons. The molecule has 2 aromatic rings. The Balaban J connectivity index is 1.75. The van der Waals surface area contributed by atoms with Gasteiger partial charge in [-0.2, -0.15) is 0 Å². The molecule has 2 N–H and O–H groups in total. The zero-order chi connectivity index (χ0) is 13.9. The lowest BCUT2D eigenvalue weighted by molar-refractivity contribution is 0.171. The molecule has 0 spiro atoms. The quantitative estimate of drug-likeness (QED) is 0.900. The second-order valence-corrected chi connectivity index (χ2v) is 5.35. The van der Waals surface area contributed by atoms with E-state index in [0.29, 0.717) is 19.8 Å². The molecule has 2 aromatic carbocycles. The van der Waals surface area contributed by atoms with Gasteiger partial charge in [-0.1, -0.05) is 12.1 Å². The molecule has 0 unspecified atom stereocenters. The Morgan fingerprint density at radius 2 is 1.70 bits per heavy atom. The van der Waals surface area contributed by atoms with Crippen LogP contribution in [0.15, 0.2) is 40.9 Å². The van der Waals surface area contributed by atoms with Crippen molar-refractivity contribution in [2.24, 2.45) is 0 Å². The molecular formula is C15H14BrNO3. The monoisotopic (exact) mass is 335 g/mol. The Kier molecular flexibility index (Phi) is 3.69. The minimum absolute atomic E-state index is 0.272. The molecule has 0 atom stereocenters. The summed E-state index contributed by atoms with van der Waals surface area (Å²) in [7, 11) is 0. The predicted octanol–water partition coefficient (Wildman–Crippen LogP) is 3.54. The van der Waals surface area contributed by atoms with E-state index >= 15 is 0 Å². The normalized spacial score (nSPS) is 13.1. The Hall–Kier alpha value is -1.88. The molecule has 0 aromatic heterocycles. The van der Waals surface area contributed by atoms with E-state index in [1.165, 1.54) is 0 Å². The largest absolute Gasteiger partial charge is 0.508 e. The Morgan fingerprint density at radius 3 is 2.40 bits per heavy atom. The Labute approximate surface area is 125 Å². The van der Waals surface area contributed by atoms with Gasteiger partial charge >= 0.3 is 0 Å². The fourth-order valence-electron chi connectivity index (χ4n) is 2.01. The van der Waals surface area contributed by atoms with E-state index in [2.05, 4.69) is 21.2 Å². The third-order valence-electron chi connectivity index (χ3n) is 3.05. The maximum absolute atomic E-state index is 9.26. The van der Waals surface area contributed by atoms with E-state index < -0.39 is 0 Å². The molecule has 104 valence electrons. The first-order valence-electron chi connectivity index (χ1n) is 6.33. The van der Waals surface area contributed by atoms with Crippen LogP contribution in [0.4, 0.5) is 5.69 Å². The van der Waals surface area contributed by atoms with Gasteiger partial charge in [0.1, 0.15) is 19.0 Å². The van der Waals surface area contributed by atoms with Crippen molar-refractivity contribution in [3.63, 3.8) is 0 Å². The first-order valence-corrected chi connectivity index (χ1v) is 7.12. The van der Waals surface area contributed by atoms with Gasteiger partial charge in [0.15, 0.2) is 11.5 Å². The molecule has 0 amide bonds. The van der Waals surface area contributed by atoms with Gasteiger partial charge in [-0.25, -0.2) is 0 Å². The molecule has 0 saturated carbocycles. The predicted molar refractivity (Wildman–Crippen MR) is 80.6 cm³/mol. The van der Waals surface area contributed by atoms with Gasteiger partial charge in [0, 0.05) is 23.2 Å². The molecule has 1 aliphatic heterocycles. The summed E-state index contributed by atoms with van der Waals surface area (Å²) in [6.07, 6.45) is 0. The summed E-state index contributed by atoms with van der Waals surface area (Å²) in [6.45, 7) is 1.82. The number of aromatic hydroxyl groups is 1. The molecular weight excluding hydrogens is 322 g/mol. The van der Waals surface area contributed by atoms with Crippen molar-refractivity contribution in [2.45, 2.75) is 6.54 Å². The number of phenolic OH excluding ortho intramolecular Hbond substituents is 1. The number of nitrogens with one attached hydrogen (secondary N) is 1. The number of phenols is 1. The lowest BCUT2D eigenvalue weighted by atomic mass is 10.2. The third kappa shape index (κ3) is 2.82. The van der Waals surface area contributed by atoms with Gasteiger partial charge < -0.3 is 19.9 Å². The number of benzene rings is 2. The average Bonchev–Trinajstić information content (AvgIpc) is 2.47. The topological polar surface area (TPSA) is 50.7 Å². The van der Waals surface area contributed by atoms with Gasteiger partial charge in [-0.3, -0.25) is 0 Å². The summed E-state index contributed by atoms with van der Waals surface area (Å²) in [6, 6.07) is 11.0. The minimum atomic E-state index is 0.272. The SMILES string of the molecule is Oc1ccc(CNc2cc3c(cc2Br)OCCO3)cc1. The van der Waals surface area contributed by atoms with Crippen LogP contribution in [0.2, 0.25) is 0 Å². The highest BCUT2D eigenvalue weighted by Crippen LogP contribution is 2.38.